The first-order chi connectivity index (χ1) is 15.1. The zero-order chi connectivity index (χ0) is 22.1. The fourth-order valence-corrected chi connectivity index (χ4v) is 6.07. The Hall–Kier alpha value is -1.31. The normalized spacial score (nSPS) is 28.9. The molecule has 2 aliphatic rings. The molecule has 0 aliphatic heterocycles. The highest BCUT2D eigenvalue weighted by Gasteiger charge is 2.29. The molecule has 0 amide bonds. The van der Waals surface area contributed by atoms with E-state index in [0.29, 0.717) is 5.92 Å². The number of hydrogen-bond acceptors (Lipinski definition) is 2. The third kappa shape index (κ3) is 7.36. The van der Waals surface area contributed by atoms with E-state index in [9.17, 15) is 4.79 Å². The maximum absolute atomic E-state index is 12.7. The number of hydrogen-bond donors (Lipinski definition) is 0. The van der Waals surface area contributed by atoms with Crippen molar-refractivity contribution in [3.05, 3.63) is 35.4 Å². The molecule has 3 atom stereocenters. The maximum atomic E-state index is 12.7. The number of carbonyl (C=O) groups is 1. The molecule has 2 fully saturated rings. The molecule has 2 aliphatic carbocycles. The molecule has 0 saturated heterocycles. The van der Waals surface area contributed by atoms with Gasteiger partial charge in [-0.1, -0.05) is 77.8 Å². The summed E-state index contributed by atoms with van der Waals surface area (Å²) in [5, 5.41) is 0. The lowest BCUT2D eigenvalue weighted by atomic mass is 9.71. The van der Waals surface area contributed by atoms with Crippen LogP contribution >= 0.6 is 0 Å². The molecule has 2 nitrogen and oxygen atoms in total. The molecule has 3 rings (SSSR count). The summed E-state index contributed by atoms with van der Waals surface area (Å²) < 4.78 is 5.86. The van der Waals surface area contributed by atoms with Crippen molar-refractivity contribution in [2.75, 3.05) is 0 Å². The van der Waals surface area contributed by atoms with Crippen LogP contribution in [-0.2, 0) is 4.74 Å². The van der Waals surface area contributed by atoms with Gasteiger partial charge in [-0.15, -0.1) is 0 Å². The van der Waals surface area contributed by atoms with Crippen molar-refractivity contribution < 1.29 is 9.53 Å². The molecule has 0 aromatic heterocycles. The zero-order valence-electron chi connectivity index (χ0n) is 20.4. The average Bonchev–Trinajstić information content (AvgIpc) is 2.79. The molecule has 0 radical (unpaired) electrons. The lowest BCUT2D eigenvalue weighted by Gasteiger charge is -2.34. The van der Waals surface area contributed by atoms with E-state index < -0.39 is 0 Å². The topological polar surface area (TPSA) is 26.3 Å². The van der Waals surface area contributed by atoms with Crippen LogP contribution < -0.4 is 0 Å². The van der Waals surface area contributed by atoms with E-state index in [0.717, 1.165) is 36.2 Å². The van der Waals surface area contributed by atoms with E-state index in [4.69, 9.17) is 4.74 Å². The van der Waals surface area contributed by atoms with E-state index in [1.165, 1.54) is 82.6 Å². The van der Waals surface area contributed by atoms with Crippen LogP contribution in [0.15, 0.2) is 24.3 Å². The maximum Gasteiger partial charge on any atom is 0.338 e. The number of benzene rings is 1. The van der Waals surface area contributed by atoms with Crippen molar-refractivity contribution in [2.45, 2.75) is 123 Å². The molecule has 3 unspecified atom stereocenters. The molecule has 2 heteroatoms. The molecule has 1 aromatic carbocycles. The van der Waals surface area contributed by atoms with Gasteiger partial charge in [-0.25, -0.2) is 4.79 Å². The Bertz CT molecular complexity index is 641. The summed E-state index contributed by atoms with van der Waals surface area (Å²) in [6.45, 7) is 6.98. The van der Waals surface area contributed by atoms with Gasteiger partial charge in [0.1, 0.15) is 6.10 Å². The van der Waals surface area contributed by atoms with Gasteiger partial charge in [-0.3, -0.25) is 0 Å². The average molecular weight is 427 g/mol. The van der Waals surface area contributed by atoms with Crippen LogP contribution in [0.4, 0.5) is 0 Å². The van der Waals surface area contributed by atoms with E-state index in [2.05, 4.69) is 32.9 Å². The second-order valence-electron chi connectivity index (χ2n) is 10.6. The third-order valence-corrected chi connectivity index (χ3v) is 8.10. The molecule has 174 valence electrons. The van der Waals surface area contributed by atoms with Gasteiger partial charge in [0.15, 0.2) is 0 Å². The fourth-order valence-electron chi connectivity index (χ4n) is 6.07. The number of carbonyl (C=O) groups excluding carboxylic acids is 1. The monoisotopic (exact) mass is 426 g/mol. The molecule has 2 saturated carbocycles. The van der Waals surface area contributed by atoms with Gasteiger partial charge in [-0.2, -0.15) is 0 Å². The summed E-state index contributed by atoms with van der Waals surface area (Å²) in [5.41, 5.74) is 2.13. The minimum absolute atomic E-state index is 0.119. The zero-order valence-corrected chi connectivity index (χ0v) is 20.4. The van der Waals surface area contributed by atoms with Crippen molar-refractivity contribution >= 4 is 5.97 Å². The highest BCUT2D eigenvalue weighted by molar-refractivity contribution is 5.89. The highest BCUT2D eigenvalue weighted by atomic mass is 16.5. The molecular weight excluding hydrogens is 380 g/mol. The van der Waals surface area contributed by atoms with Gasteiger partial charge in [-0.05, 0) is 86.3 Å². The number of unbranched alkanes of at least 4 members (excludes halogenated alkanes) is 3. The van der Waals surface area contributed by atoms with Gasteiger partial charge in [0, 0.05) is 0 Å². The summed E-state index contributed by atoms with van der Waals surface area (Å²) in [6, 6.07) is 8.39. The van der Waals surface area contributed by atoms with Crippen LogP contribution in [0, 0.1) is 17.8 Å². The van der Waals surface area contributed by atoms with Crippen molar-refractivity contribution in [2.24, 2.45) is 17.8 Å². The Labute approximate surface area is 191 Å². The summed E-state index contributed by atoms with van der Waals surface area (Å²) in [5.74, 6) is 3.02. The van der Waals surface area contributed by atoms with Crippen molar-refractivity contribution in [1.82, 2.24) is 0 Å². The first-order valence-electron chi connectivity index (χ1n) is 13.4. The highest BCUT2D eigenvalue weighted by Crippen LogP contribution is 2.42. The minimum atomic E-state index is -0.128. The summed E-state index contributed by atoms with van der Waals surface area (Å²) >= 11 is 0. The largest absolute Gasteiger partial charge is 0.459 e. The van der Waals surface area contributed by atoms with Crippen LogP contribution in [0.5, 0.6) is 0 Å². The molecule has 31 heavy (non-hydrogen) atoms. The minimum Gasteiger partial charge on any atom is -0.459 e. The van der Waals surface area contributed by atoms with Crippen LogP contribution in [0.25, 0.3) is 0 Å². The van der Waals surface area contributed by atoms with Crippen molar-refractivity contribution in [3.63, 3.8) is 0 Å². The van der Waals surface area contributed by atoms with Gasteiger partial charge in [0.25, 0.3) is 0 Å². The van der Waals surface area contributed by atoms with Gasteiger partial charge in [0.05, 0.1) is 5.56 Å². The molecule has 0 N–H and O–H groups in total. The molecule has 0 spiro atoms. The number of esters is 1. The predicted octanol–water partition coefficient (Wildman–Crippen LogP) is 8.69. The molecule has 0 bridgehead atoms. The predicted molar refractivity (Wildman–Crippen MR) is 131 cm³/mol. The Morgan fingerprint density at radius 3 is 2.13 bits per heavy atom. The third-order valence-electron chi connectivity index (χ3n) is 8.10. The summed E-state index contributed by atoms with van der Waals surface area (Å²) in [7, 11) is 0. The first-order valence-corrected chi connectivity index (χ1v) is 13.4. The second-order valence-corrected chi connectivity index (χ2v) is 10.6. The van der Waals surface area contributed by atoms with Gasteiger partial charge >= 0.3 is 5.97 Å². The van der Waals surface area contributed by atoms with Gasteiger partial charge in [0.2, 0.25) is 0 Å². The Kier molecular flexibility index (Phi) is 9.94. The van der Waals surface area contributed by atoms with E-state index >= 15 is 0 Å². The van der Waals surface area contributed by atoms with Crippen molar-refractivity contribution in [3.8, 4) is 0 Å². The van der Waals surface area contributed by atoms with Crippen LogP contribution in [0.3, 0.4) is 0 Å². The number of rotatable bonds is 10. The van der Waals surface area contributed by atoms with E-state index in [-0.39, 0.29) is 12.1 Å². The van der Waals surface area contributed by atoms with Gasteiger partial charge < -0.3 is 4.74 Å². The van der Waals surface area contributed by atoms with Crippen LogP contribution in [0.2, 0.25) is 0 Å². The Balaban J connectivity index is 1.45. The standard InChI is InChI=1S/C29H46O2/c1-4-6-8-10-24-13-20-28(22(3)21-24)25-14-16-26(17-15-25)29(30)31-27-18-11-23(12-19-27)9-7-5-2/h14-17,22-24,27-28H,4-13,18-21H2,1-3H3/t22?,23-,24?,27-,28?. The van der Waals surface area contributed by atoms with Crippen LogP contribution in [-0.4, -0.2) is 12.1 Å². The Morgan fingerprint density at radius 1 is 0.839 bits per heavy atom. The van der Waals surface area contributed by atoms with E-state index in [1.54, 1.807) is 0 Å². The molecule has 1 aromatic rings. The lowest BCUT2D eigenvalue weighted by molar-refractivity contribution is 0.0161. The molecular formula is C29H46O2. The van der Waals surface area contributed by atoms with Crippen LogP contribution in [0.1, 0.15) is 133 Å². The second kappa shape index (κ2) is 12.7. The summed E-state index contributed by atoms with van der Waals surface area (Å²) in [6.07, 6.45) is 18.1. The quantitative estimate of drug-likeness (QED) is 0.276. The van der Waals surface area contributed by atoms with E-state index in [1.807, 2.05) is 12.1 Å². The first kappa shape index (κ1) is 24.3. The molecule has 0 heterocycles. The Morgan fingerprint density at radius 2 is 1.48 bits per heavy atom. The number of ether oxygens (including phenoxy) is 1. The SMILES string of the molecule is CCCCCC1CCC(c2ccc(C(=O)O[C@H]3CC[C@H](CCCC)CC3)cc2)C(C)C1. The summed E-state index contributed by atoms with van der Waals surface area (Å²) in [4.78, 5) is 12.7. The smallest absolute Gasteiger partial charge is 0.338 e. The fraction of sp³-hybridized carbons (Fsp3) is 0.759. The lowest BCUT2D eigenvalue weighted by Crippen LogP contribution is -2.24. The van der Waals surface area contributed by atoms with Crippen molar-refractivity contribution in [1.29, 1.82) is 0 Å².